The summed E-state index contributed by atoms with van der Waals surface area (Å²) < 4.78 is 1.13. The van der Waals surface area contributed by atoms with Gasteiger partial charge >= 0.3 is 0 Å². The maximum atomic E-state index is 12.5. The van der Waals surface area contributed by atoms with Crippen molar-refractivity contribution in [1.29, 1.82) is 0 Å². The van der Waals surface area contributed by atoms with Gasteiger partial charge in [0.05, 0.1) is 25.7 Å². The number of piperidine rings is 3. The summed E-state index contributed by atoms with van der Waals surface area (Å²) in [6.45, 7) is 4.65. The molecule has 3 fully saturated rings. The van der Waals surface area contributed by atoms with Gasteiger partial charge in [0, 0.05) is 24.0 Å². The van der Waals surface area contributed by atoms with Gasteiger partial charge in [0.15, 0.2) is 0 Å². The van der Waals surface area contributed by atoms with Gasteiger partial charge in [0.25, 0.3) is 5.91 Å². The number of quaternary nitrogens is 1. The summed E-state index contributed by atoms with van der Waals surface area (Å²) in [7, 11) is 0. The van der Waals surface area contributed by atoms with Crippen LogP contribution in [0.1, 0.15) is 28.8 Å². The van der Waals surface area contributed by atoms with Crippen LogP contribution in [0.2, 0.25) is 0 Å². The normalized spacial score (nSPS) is 27.4. The van der Waals surface area contributed by atoms with Crippen molar-refractivity contribution in [3.05, 3.63) is 71.8 Å². The lowest BCUT2D eigenvalue weighted by molar-refractivity contribution is -0.956. The minimum Gasteiger partial charge on any atom is -1.00 e. The third kappa shape index (κ3) is 3.96. The molecule has 3 heterocycles. The van der Waals surface area contributed by atoms with E-state index >= 15 is 0 Å². The van der Waals surface area contributed by atoms with Gasteiger partial charge in [-0.15, -0.1) is 0 Å². The number of carbonyl (C=O) groups is 1. The first kappa shape index (κ1) is 18.2. The Kier molecular flexibility index (Phi) is 5.60. The maximum Gasteiger partial charge on any atom is 0.251 e. The number of amides is 1. The van der Waals surface area contributed by atoms with E-state index < -0.39 is 0 Å². The lowest BCUT2D eigenvalue weighted by atomic mass is 9.81. The minimum absolute atomic E-state index is 0. The molecule has 0 aliphatic carbocycles. The first-order valence-corrected chi connectivity index (χ1v) is 8.99. The fraction of sp³-hybridized carbons (Fsp3) is 0.381. The summed E-state index contributed by atoms with van der Waals surface area (Å²) in [4.78, 5) is 12.5. The number of fused-ring (bicyclic) bond motifs is 3. The molecule has 3 saturated heterocycles. The van der Waals surface area contributed by atoms with E-state index in [1.165, 1.54) is 31.5 Å². The van der Waals surface area contributed by atoms with Crippen LogP contribution in [0.5, 0.6) is 0 Å². The molecule has 3 aliphatic rings. The number of rotatable bonds is 4. The topological polar surface area (TPSA) is 29.1 Å². The lowest BCUT2D eigenvalue weighted by Crippen LogP contribution is -3.00. The number of hydrogen-bond donors (Lipinski definition) is 1. The molecule has 1 atom stereocenters. The Hall–Kier alpha value is -1.65. The zero-order valence-electron chi connectivity index (χ0n) is 14.4. The van der Waals surface area contributed by atoms with Crippen LogP contribution in [0.4, 0.5) is 0 Å². The molecule has 2 aromatic carbocycles. The molecule has 2 bridgehead atoms. The van der Waals surface area contributed by atoms with Crippen molar-refractivity contribution in [3.8, 4) is 0 Å². The highest BCUT2D eigenvalue weighted by molar-refractivity contribution is 5.94. The molecule has 25 heavy (non-hydrogen) atoms. The molecular formula is C21H25BrN2O. The highest BCUT2D eigenvalue weighted by Crippen LogP contribution is 2.35. The van der Waals surface area contributed by atoms with E-state index in [9.17, 15) is 4.79 Å². The first-order valence-electron chi connectivity index (χ1n) is 8.99. The summed E-state index contributed by atoms with van der Waals surface area (Å²) >= 11 is 0. The molecule has 2 aromatic rings. The van der Waals surface area contributed by atoms with Crippen LogP contribution < -0.4 is 22.3 Å². The predicted molar refractivity (Wildman–Crippen MR) is 95.4 cm³/mol. The second-order valence-corrected chi connectivity index (χ2v) is 7.40. The van der Waals surface area contributed by atoms with Crippen molar-refractivity contribution < 1.29 is 26.3 Å². The van der Waals surface area contributed by atoms with Gasteiger partial charge in [0.1, 0.15) is 6.54 Å². The van der Waals surface area contributed by atoms with E-state index in [2.05, 4.69) is 35.6 Å². The molecule has 4 heteroatoms. The fourth-order valence-corrected chi connectivity index (χ4v) is 4.48. The zero-order valence-corrected chi connectivity index (χ0v) is 16.0. The largest absolute Gasteiger partial charge is 1.00 e. The SMILES string of the molecule is O=C(NC1C[N+]2(Cc3ccccc3)CCC1CC2)c1ccccc1.[Br-]. The summed E-state index contributed by atoms with van der Waals surface area (Å²) in [5.74, 6) is 0.723. The average Bonchev–Trinajstić information content (AvgIpc) is 2.64. The van der Waals surface area contributed by atoms with Crippen molar-refractivity contribution in [1.82, 2.24) is 5.32 Å². The highest BCUT2D eigenvalue weighted by atomic mass is 79.9. The quantitative estimate of drug-likeness (QED) is 0.731. The Bertz CT molecular complexity index is 696. The van der Waals surface area contributed by atoms with Crippen LogP contribution in [0.3, 0.4) is 0 Å². The van der Waals surface area contributed by atoms with Crippen LogP contribution in [0.15, 0.2) is 60.7 Å². The molecule has 132 valence electrons. The Balaban J connectivity index is 0.00000182. The van der Waals surface area contributed by atoms with Gasteiger partial charge in [-0.3, -0.25) is 4.79 Å². The average molecular weight is 401 g/mol. The summed E-state index contributed by atoms with van der Waals surface area (Å²) in [6, 6.07) is 20.7. The van der Waals surface area contributed by atoms with Gasteiger partial charge < -0.3 is 26.8 Å². The molecule has 0 spiro atoms. The molecule has 1 N–H and O–H groups in total. The number of halogens is 1. The maximum absolute atomic E-state index is 12.5. The number of carbonyl (C=O) groups excluding carboxylic acids is 1. The molecular weight excluding hydrogens is 376 g/mol. The van der Waals surface area contributed by atoms with Gasteiger partial charge in [-0.1, -0.05) is 48.5 Å². The molecule has 0 saturated carbocycles. The van der Waals surface area contributed by atoms with Gasteiger partial charge in [-0.2, -0.15) is 0 Å². The van der Waals surface area contributed by atoms with Crippen LogP contribution in [0.25, 0.3) is 0 Å². The van der Waals surface area contributed by atoms with Crippen molar-refractivity contribution in [2.45, 2.75) is 25.4 Å². The molecule has 0 aromatic heterocycles. The van der Waals surface area contributed by atoms with Crippen molar-refractivity contribution in [2.75, 3.05) is 19.6 Å². The van der Waals surface area contributed by atoms with Crippen molar-refractivity contribution in [2.24, 2.45) is 5.92 Å². The fourth-order valence-electron chi connectivity index (χ4n) is 4.48. The monoisotopic (exact) mass is 400 g/mol. The second-order valence-electron chi connectivity index (χ2n) is 7.40. The van der Waals surface area contributed by atoms with Gasteiger partial charge in [-0.25, -0.2) is 0 Å². The van der Waals surface area contributed by atoms with E-state index in [4.69, 9.17) is 0 Å². The van der Waals surface area contributed by atoms with Crippen LogP contribution in [-0.2, 0) is 6.54 Å². The molecule has 5 rings (SSSR count). The lowest BCUT2D eigenvalue weighted by Gasteiger charge is -2.52. The van der Waals surface area contributed by atoms with Crippen LogP contribution >= 0.6 is 0 Å². The number of nitrogens with one attached hydrogen (secondary N) is 1. The summed E-state index contributed by atoms with van der Waals surface area (Å²) in [5.41, 5.74) is 2.18. The molecule has 3 nitrogen and oxygen atoms in total. The third-order valence-corrected chi connectivity index (χ3v) is 5.81. The van der Waals surface area contributed by atoms with E-state index in [1.54, 1.807) is 0 Å². The molecule has 1 unspecified atom stereocenters. The number of hydrogen-bond acceptors (Lipinski definition) is 1. The Labute approximate surface area is 160 Å². The van der Waals surface area contributed by atoms with Crippen LogP contribution in [0, 0.1) is 5.92 Å². The standard InChI is InChI=1S/C21H24N2O.BrH/c24-21(19-9-5-2-6-10-19)22-20-16-23(13-11-18(20)12-14-23)15-17-7-3-1-4-8-17;/h1-10,18,20H,11-16H2;1H. The van der Waals surface area contributed by atoms with E-state index in [0.29, 0.717) is 12.0 Å². The Morgan fingerprint density at radius 1 is 0.960 bits per heavy atom. The first-order chi connectivity index (χ1) is 11.7. The Morgan fingerprint density at radius 3 is 2.20 bits per heavy atom. The van der Waals surface area contributed by atoms with E-state index in [-0.39, 0.29) is 22.9 Å². The summed E-state index contributed by atoms with van der Waals surface area (Å²) in [5, 5.41) is 3.32. The smallest absolute Gasteiger partial charge is 0.251 e. The predicted octanol–water partition coefficient (Wildman–Crippen LogP) is 0.230. The number of benzene rings is 2. The Morgan fingerprint density at radius 2 is 1.56 bits per heavy atom. The summed E-state index contributed by atoms with van der Waals surface area (Å²) in [6.07, 6.45) is 2.46. The van der Waals surface area contributed by atoms with E-state index in [1.807, 2.05) is 30.3 Å². The van der Waals surface area contributed by atoms with Crippen molar-refractivity contribution >= 4 is 5.91 Å². The van der Waals surface area contributed by atoms with Gasteiger partial charge in [0.2, 0.25) is 0 Å². The third-order valence-electron chi connectivity index (χ3n) is 5.81. The highest BCUT2D eigenvalue weighted by Gasteiger charge is 2.46. The minimum atomic E-state index is 0. The molecule has 0 radical (unpaired) electrons. The van der Waals surface area contributed by atoms with Crippen molar-refractivity contribution in [3.63, 3.8) is 0 Å². The molecule has 3 aliphatic heterocycles. The van der Waals surface area contributed by atoms with Gasteiger partial charge in [-0.05, 0) is 18.1 Å². The number of nitrogens with zero attached hydrogens (tertiary/aromatic N) is 1. The van der Waals surface area contributed by atoms with E-state index in [0.717, 1.165) is 23.1 Å². The zero-order chi connectivity index (χ0) is 16.4. The molecule has 1 amide bonds. The second kappa shape index (κ2) is 7.71. The van der Waals surface area contributed by atoms with Crippen LogP contribution in [-0.4, -0.2) is 36.1 Å².